The summed E-state index contributed by atoms with van der Waals surface area (Å²) in [5.41, 5.74) is 2.88. The zero-order valence-electron chi connectivity index (χ0n) is 34.4. The SMILES string of the molecule is CCC(SCCCS(=O)(=O)[O-])C(=O)NC1=N/C(=C\c2[n-]c(NC(C)=O)c(COOC3C(C)CC(C)CC3C)c2C)C(C)=C1C(=O)OC1C(C)CC(C)CC1C.[Co]. The number of nitrogens with one attached hydrogen (secondary N) is 2. The maximum atomic E-state index is 14.1. The largest absolute Gasteiger partial charge is 0.748 e. The summed E-state index contributed by atoms with van der Waals surface area (Å²) < 4.78 is 39.4. The number of aromatic nitrogens is 1. The Balaban J connectivity index is 0.00000841. The van der Waals surface area contributed by atoms with Crippen molar-refractivity contribution in [1.82, 2.24) is 10.3 Å². The predicted octanol–water partition coefficient (Wildman–Crippen LogP) is 6.67. The Morgan fingerprint density at radius 2 is 1.54 bits per heavy atom. The minimum absolute atomic E-state index is 0. The number of rotatable bonds is 15. The molecule has 0 saturated heterocycles. The summed E-state index contributed by atoms with van der Waals surface area (Å²) in [6.45, 7) is 19.9. The number of carbonyl (C=O) groups is 3. The number of hydrogen-bond acceptors (Lipinski definition) is 11. The fourth-order valence-electron chi connectivity index (χ4n) is 8.57. The molecule has 2 fully saturated rings. The van der Waals surface area contributed by atoms with Crippen LogP contribution in [0.5, 0.6) is 0 Å². The van der Waals surface area contributed by atoms with E-state index in [2.05, 4.69) is 52.2 Å². The van der Waals surface area contributed by atoms with Gasteiger partial charge >= 0.3 is 5.97 Å². The van der Waals surface area contributed by atoms with E-state index >= 15 is 0 Å². The quantitative estimate of drug-likeness (QED) is 0.0631. The number of anilines is 1. The fourth-order valence-corrected chi connectivity index (χ4v) is 10.3. The molecule has 13 nitrogen and oxygen atoms in total. The predicted molar refractivity (Wildman–Crippen MR) is 214 cm³/mol. The van der Waals surface area contributed by atoms with E-state index in [4.69, 9.17) is 24.5 Å². The van der Waals surface area contributed by atoms with Crippen LogP contribution in [0.4, 0.5) is 5.82 Å². The molecule has 2 N–H and O–H groups in total. The molecule has 0 spiro atoms. The molecule has 16 heteroatoms. The monoisotopic (exact) mass is 863 g/mol. The molecular weight excluding hydrogens is 804 g/mol. The maximum absolute atomic E-state index is 14.1. The number of thioether (sulfide) groups is 1. The van der Waals surface area contributed by atoms with Crippen LogP contribution < -0.4 is 15.6 Å². The maximum Gasteiger partial charge on any atom is 0.342 e. The van der Waals surface area contributed by atoms with Gasteiger partial charge in [-0.1, -0.05) is 54.3 Å². The van der Waals surface area contributed by atoms with Gasteiger partial charge in [0.1, 0.15) is 30.0 Å². The Morgan fingerprint density at radius 1 is 0.964 bits per heavy atom. The molecule has 2 saturated carbocycles. The standard InChI is InChI=1S/C40H62N4O9S2.Co/c1-11-33(54-13-12-14-55(48,49)50)39(46)44-38-34(40(47)52-35-23(4)15-21(2)16-24(35)5)28(9)32(43-38)19-31-27(8)30(37(42-31)41-29(10)45)20-51-53-36-25(6)17-22(3)18-26(36)7;/h19,21-26,33,35-36H,11-18,20H2,1-10H3,(H4,41,42,43,44,45,46,47,48,49,50);/p-2. The molecule has 2 heterocycles. The third-order valence-corrected chi connectivity index (χ3v) is 13.3. The molecule has 1 aromatic rings. The molecule has 1 aromatic heterocycles. The Hall–Kier alpha value is -2.47. The number of amides is 2. The first kappa shape index (κ1) is 47.9. The summed E-state index contributed by atoms with van der Waals surface area (Å²) in [6.07, 6.45) is 5.86. The molecule has 3 aliphatic rings. The molecule has 317 valence electrons. The normalized spacial score (nSPS) is 28.1. The van der Waals surface area contributed by atoms with Gasteiger partial charge in [0.2, 0.25) is 5.91 Å². The molecule has 4 rings (SSSR count). The Morgan fingerprint density at radius 3 is 2.07 bits per heavy atom. The van der Waals surface area contributed by atoms with E-state index in [9.17, 15) is 27.4 Å². The Kier molecular flexibility index (Phi) is 17.9. The van der Waals surface area contributed by atoms with E-state index in [0.717, 1.165) is 31.2 Å². The summed E-state index contributed by atoms with van der Waals surface area (Å²) in [7, 11) is -4.36. The third-order valence-electron chi connectivity index (χ3n) is 11.1. The Bertz CT molecular complexity index is 1750. The number of hydrogen-bond donors (Lipinski definition) is 2. The molecule has 0 bridgehead atoms. The third kappa shape index (κ3) is 12.8. The van der Waals surface area contributed by atoms with Gasteiger partial charge in [-0.3, -0.25) is 9.59 Å². The first-order valence-electron chi connectivity index (χ1n) is 19.6. The van der Waals surface area contributed by atoms with Crippen molar-refractivity contribution in [1.29, 1.82) is 0 Å². The first-order valence-corrected chi connectivity index (χ1v) is 22.2. The van der Waals surface area contributed by atoms with Crippen LogP contribution in [0.15, 0.2) is 21.8 Å². The summed E-state index contributed by atoms with van der Waals surface area (Å²) in [6, 6.07) is 0. The van der Waals surface area contributed by atoms with Gasteiger partial charge < -0.3 is 24.9 Å². The molecule has 56 heavy (non-hydrogen) atoms. The average Bonchev–Trinajstić information content (AvgIpc) is 3.52. The number of ether oxygens (including phenoxy) is 1. The topological polar surface area (TPSA) is 187 Å². The van der Waals surface area contributed by atoms with Gasteiger partial charge in [-0.05, 0) is 129 Å². The second-order valence-corrected chi connectivity index (χ2v) is 19.1. The van der Waals surface area contributed by atoms with Crippen LogP contribution in [0.2, 0.25) is 0 Å². The van der Waals surface area contributed by atoms with E-state index in [1.807, 2.05) is 13.8 Å². The van der Waals surface area contributed by atoms with Gasteiger partial charge in [0.05, 0.1) is 27.2 Å². The summed E-state index contributed by atoms with van der Waals surface area (Å²) in [4.78, 5) is 61.1. The van der Waals surface area contributed by atoms with E-state index in [-0.39, 0.29) is 76.9 Å². The van der Waals surface area contributed by atoms with Gasteiger partial charge in [0, 0.05) is 22.5 Å². The minimum atomic E-state index is -4.36. The number of carbonyl (C=O) groups excluding carboxylic acids is 3. The van der Waals surface area contributed by atoms with Gasteiger partial charge in [-0.2, -0.15) is 0 Å². The van der Waals surface area contributed by atoms with Crippen molar-refractivity contribution in [3.63, 3.8) is 0 Å². The van der Waals surface area contributed by atoms with Gasteiger partial charge in [0.25, 0.3) is 0 Å². The van der Waals surface area contributed by atoms with Crippen molar-refractivity contribution in [2.24, 2.45) is 40.5 Å². The van der Waals surface area contributed by atoms with Crippen LogP contribution in [0.1, 0.15) is 118 Å². The van der Waals surface area contributed by atoms with Crippen LogP contribution in [0.3, 0.4) is 0 Å². The number of aliphatic imine (C=N–C) groups is 1. The summed E-state index contributed by atoms with van der Waals surface area (Å²) in [5, 5.41) is 5.07. The van der Waals surface area contributed by atoms with E-state index < -0.39 is 33.0 Å². The minimum Gasteiger partial charge on any atom is -0.748 e. The number of esters is 1. The number of allylic oxidation sites excluding steroid dienone is 1. The van der Waals surface area contributed by atoms with E-state index in [1.54, 1.807) is 13.0 Å². The molecule has 1 radical (unpaired) electrons. The van der Waals surface area contributed by atoms with Crippen molar-refractivity contribution < 1.29 is 58.6 Å². The van der Waals surface area contributed by atoms with Crippen molar-refractivity contribution in [3.05, 3.63) is 33.7 Å². The van der Waals surface area contributed by atoms with Crippen LogP contribution in [0, 0.1) is 42.4 Å². The zero-order chi connectivity index (χ0) is 40.8. The number of amidine groups is 1. The average molecular weight is 864 g/mol. The van der Waals surface area contributed by atoms with Gasteiger partial charge in [-0.15, -0.1) is 11.8 Å². The smallest absolute Gasteiger partial charge is 0.342 e. The van der Waals surface area contributed by atoms with Crippen LogP contribution in [-0.4, -0.2) is 65.6 Å². The summed E-state index contributed by atoms with van der Waals surface area (Å²) in [5.74, 6) is 0.977. The zero-order valence-corrected chi connectivity index (χ0v) is 37.0. The van der Waals surface area contributed by atoms with Crippen molar-refractivity contribution >= 4 is 57.4 Å². The second kappa shape index (κ2) is 21.0. The summed E-state index contributed by atoms with van der Waals surface area (Å²) >= 11 is 1.24. The van der Waals surface area contributed by atoms with Crippen LogP contribution in [0.25, 0.3) is 6.08 Å². The fraction of sp³-hybridized carbons (Fsp3) is 0.700. The Labute approximate surface area is 347 Å². The van der Waals surface area contributed by atoms with Gasteiger partial charge in [-0.25, -0.2) is 28.0 Å². The van der Waals surface area contributed by atoms with Gasteiger partial charge in [0.15, 0.2) is 0 Å². The van der Waals surface area contributed by atoms with E-state index in [1.165, 1.54) is 18.7 Å². The van der Waals surface area contributed by atoms with Crippen molar-refractivity contribution in [2.75, 3.05) is 16.8 Å². The molecule has 1 aliphatic heterocycles. The molecular formula is C40H60CoN4O9S2-2. The molecule has 0 aromatic carbocycles. The molecule has 2 amide bonds. The van der Waals surface area contributed by atoms with Crippen LogP contribution in [-0.2, 0) is 62.4 Å². The molecule has 2 aliphatic carbocycles. The van der Waals surface area contributed by atoms with Crippen molar-refractivity contribution in [3.8, 4) is 0 Å². The van der Waals surface area contributed by atoms with E-state index in [0.29, 0.717) is 58.4 Å². The number of nitrogens with zero attached hydrogens (tertiary/aromatic N) is 2. The second-order valence-electron chi connectivity index (χ2n) is 16.2. The van der Waals surface area contributed by atoms with Crippen LogP contribution >= 0.6 is 11.8 Å². The first-order chi connectivity index (χ1) is 25.8. The molecule has 5 atom stereocenters. The van der Waals surface area contributed by atoms with Crippen molar-refractivity contribution in [2.45, 2.75) is 132 Å². The molecule has 5 unspecified atom stereocenters.